The van der Waals surface area contributed by atoms with Crippen LogP contribution in [0.4, 0.5) is 0 Å². The van der Waals surface area contributed by atoms with Crippen molar-refractivity contribution < 1.29 is 9.59 Å². The number of hydrogen-bond donors (Lipinski definition) is 0. The summed E-state index contributed by atoms with van der Waals surface area (Å²) in [6, 6.07) is -0.212. The molecule has 2 fully saturated rings. The van der Waals surface area contributed by atoms with E-state index in [1.54, 1.807) is 11.9 Å². The van der Waals surface area contributed by atoms with E-state index in [1.165, 1.54) is 0 Å². The average Bonchev–Trinajstić information content (AvgIpc) is 2.60. The third kappa shape index (κ3) is 2.04. The van der Waals surface area contributed by atoms with Crippen LogP contribution in [0.15, 0.2) is 0 Å². The number of nitrogens with zero attached hydrogens (tertiary/aromatic N) is 3. The van der Waals surface area contributed by atoms with Crippen LogP contribution in [0.2, 0.25) is 0 Å². The number of carbonyl (C=O) groups is 2. The van der Waals surface area contributed by atoms with E-state index < -0.39 is 0 Å². The molecule has 1 atom stereocenters. The predicted molar refractivity (Wildman–Crippen MR) is 59.9 cm³/mol. The lowest BCUT2D eigenvalue weighted by Gasteiger charge is -2.35. The number of amides is 2. The Kier molecular flexibility index (Phi) is 3.14. The molecule has 2 heterocycles. The van der Waals surface area contributed by atoms with E-state index in [4.69, 9.17) is 0 Å². The van der Waals surface area contributed by atoms with Crippen molar-refractivity contribution in [1.29, 1.82) is 0 Å². The smallest absolute Gasteiger partial charge is 0.245 e. The normalized spacial score (nSPS) is 27.6. The molecule has 0 radical (unpaired) electrons. The van der Waals surface area contributed by atoms with Crippen LogP contribution < -0.4 is 0 Å². The van der Waals surface area contributed by atoms with Crippen LogP contribution in [0.5, 0.6) is 0 Å². The highest BCUT2D eigenvalue weighted by molar-refractivity contribution is 5.90. The summed E-state index contributed by atoms with van der Waals surface area (Å²) in [5, 5.41) is 0. The van der Waals surface area contributed by atoms with Gasteiger partial charge in [-0.1, -0.05) is 0 Å². The highest BCUT2D eigenvalue weighted by atomic mass is 16.2. The van der Waals surface area contributed by atoms with Crippen molar-refractivity contribution in [2.24, 2.45) is 0 Å². The van der Waals surface area contributed by atoms with Crippen molar-refractivity contribution in [3.8, 4) is 0 Å². The Bertz CT molecular complexity index is 298. The van der Waals surface area contributed by atoms with Gasteiger partial charge >= 0.3 is 0 Å². The largest absolute Gasteiger partial charge is 0.338 e. The number of likely N-dealkylation sites (tertiary alicyclic amines) is 1. The molecule has 2 amide bonds. The van der Waals surface area contributed by atoms with E-state index in [1.807, 2.05) is 4.90 Å². The number of likely N-dealkylation sites (N-methyl/N-ethyl adjacent to an activating group) is 2. The summed E-state index contributed by atoms with van der Waals surface area (Å²) in [7, 11) is 3.79. The second-order valence-electron chi connectivity index (χ2n) is 4.69. The summed E-state index contributed by atoms with van der Waals surface area (Å²) in [6.45, 7) is 3.42. The van der Waals surface area contributed by atoms with Gasteiger partial charge in [-0.15, -0.1) is 0 Å². The van der Waals surface area contributed by atoms with Gasteiger partial charge in [-0.3, -0.25) is 9.59 Å². The zero-order chi connectivity index (χ0) is 11.7. The van der Waals surface area contributed by atoms with E-state index in [-0.39, 0.29) is 17.9 Å². The summed E-state index contributed by atoms with van der Waals surface area (Å²) >= 11 is 0. The molecule has 0 aromatic rings. The second-order valence-corrected chi connectivity index (χ2v) is 4.69. The van der Waals surface area contributed by atoms with Crippen LogP contribution in [0, 0.1) is 0 Å². The molecule has 5 heteroatoms. The van der Waals surface area contributed by atoms with Gasteiger partial charge in [-0.25, -0.2) is 0 Å². The average molecular weight is 225 g/mol. The molecule has 2 saturated heterocycles. The minimum absolute atomic E-state index is 0.0903. The van der Waals surface area contributed by atoms with Crippen LogP contribution in [-0.4, -0.2) is 72.8 Å². The fraction of sp³-hybridized carbons (Fsp3) is 0.818. The maximum Gasteiger partial charge on any atom is 0.245 e. The van der Waals surface area contributed by atoms with E-state index in [2.05, 4.69) is 11.9 Å². The molecule has 0 saturated carbocycles. The summed E-state index contributed by atoms with van der Waals surface area (Å²) in [5.74, 6) is 0.217. The Balaban J connectivity index is 1.95. The topological polar surface area (TPSA) is 43.9 Å². The Labute approximate surface area is 96.0 Å². The second kappa shape index (κ2) is 4.41. The lowest BCUT2D eigenvalue weighted by atomic mass is 10.2. The number of piperazine rings is 1. The van der Waals surface area contributed by atoms with Gasteiger partial charge in [0.25, 0.3) is 0 Å². The molecule has 1 unspecified atom stereocenters. The summed E-state index contributed by atoms with van der Waals surface area (Å²) < 4.78 is 0. The van der Waals surface area contributed by atoms with Gasteiger partial charge in [0.2, 0.25) is 11.8 Å². The molecule has 0 aromatic heterocycles. The maximum absolute atomic E-state index is 12.2. The highest BCUT2D eigenvalue weighted by Crippen LogP contribution is 2.19. The maximum atomic E-state index is 12.2. The van der Waals surface area contributed by atoms with Crippen LogP contribution in [0.25, 0.3) is 0 Å². The molecule has 16 heavy (non-hydrogen) atoms. The first-order valence-corrected chi connectivity index (χ1v) is 5.82. The highest BCUT2D eigenvalue weighted by Gasteiger charge is 2.36. The molecular formula is C11H19N3O2. The first-order valence-electron chi connectivity index (χ1n) is 5.82. The van der Waals surface area contributed by atoms with Crippen molar-refractivity contribution in [3.63, 3.8) is 0 Å². The molecule has 2 aliphatic heterocycles. The van der Waals surface area contributed by atoms with Gasteiger partial charge in [0.15, 0.2) is 0 Å². The Hall–Kier alpha value is -1.10. The van der Waals surface area contributed by atoms with Gasteiger partial charge in [0.05, 0.1) is 0 Å². The van der Waals surface area contributed by atoms with Crippen molar-refractivity contribution in [2.45, 2.75) is 18.9 Å². The van der Waals surface area contributed by atoms with E-state index in [9.17, 15) is 9.59 Å². The third-order valence-electron chi connectivity index (χ3n) is 3.59. The molecule has 0 aliphatic carbocycles. The Morgan fingerprint density at radius 2 is 1.81 bits per heavy atom. The zero-order valence-corrected chi connectivity index (χ0v) is 9.98. The van der Waals surface area contributed by atoms with Crippen LogP contribution in [-0.2, 0) is 9.59 Å². The molecule has 90 valence electrons. The quantitative estimate of drug-likeness (QED) is 0.597. The predicted octanol–water partition coefficient (Wildman–Crippen LogP) is -0.619. The molecular weight excluding hydrogens is 206 g/mol. The summed E-state index contributed by atoms with van der Waals surface area (Å²) in [4.78, 5) is 29.2. The Morgan fingerprint density at radius 1 is 1.19 bits per heavy atom. The monoisotopic (exact) mass is 225 g/mol. The molecule has 0 aromatic carbocycles. The molecule has 0 N–H and O–H groups in total. The van der Waals surface area contributed by atoms with E-state index >= 15 is 0 Å². The summed E-state index contributed by atoms with van der Waals surface area (Å²) in [6.07, 6.45) is 1.20. The van der Waals surface area contributed by atoms with Crippen LogP contribution in [0.3, 0.4) is 0 Å². The van der Waals surface area contributed by atoms with Crippen molar-refractivity contribution in [2.75, 3.05) is 40.3 Å². The first-order chi connectivity index (χ1) is 7.59. The minimum Gasteiger partial charge on any atom is -0.338 e. The van der Waals surface area contributed by atoms with Gasteiger partial charge in [-0.05, 0) is 13.5 Å². The molecule has 2 aliphatic rings. The van der Waals surface area contributed by atoms with Crippen LogP contribution >= 0.6 is 0 Å². The summed E-state index contributed by atoms with van der Waals surface area (Å²) in [5.41, 5.74) is 0. The lowest BCUT2D eigenvalue weighted by molar-refractivity contribution is -0.141. The zero-order valence-electron chi connectivity index (χ0n) is 9.98. The molecule has 5 nitrogen and oxygen atoms in total. The van der Waals surface area contributed by atoms with Crippen molar-refractivity contribution in [1.82, 2.24) is 14.7 Å². The Morgan fingerprint density at radius 3 is 2.31 bits per heavy atom. The van der Waals surface area contributed by atoms with Gasteiger partial charge in [0, 0.05) is 39.6 Å². The van der Waals surface area contributed by atoms with Crippen molar-refractivity contribution in [3.05, 3.63) is 0 Å². The van der Waals surface area contributed by atoms with E-state index in [0.717, 1.165) is 26.2 Å². The third-order valence-corrected chi connectivity index (χ3v) is 3.59. The standard InChI is InChI=1S/C11H19N3O2/c1-12-5-7-14(8-6-12)11(16)9-3-4-10(15)13(9)2/h9H,3-8H2,1-2H3. The number of carbonyl (C=O) groups excluding carboxylic acids is 2. The molecule has 2 rings (SSSR count). The van der Waals surface area contributed by atoms with Gasteiger partial charge in [-0.2, -0.15) is 0 Å². The number of rotatable bonds is 1. The van der Waals surface area contributed by atoms with Crippen molar-refractivity contribution >= 4 is 11.8 Å². The van der Waals surface area contributed by atoms with E-state index in [0.29, 0.717) is 12.8 Å². The van der Waals surface area contributed by atoms with Gasteiger partial charge in [0.1, 0.15) is 6.04 Å². The fourth-order valence-corrected chi connectivity index (χ4v) is 2.33. The lowest BCUT2D eigenvalue weighted by Crippen LogP contribution is -2.52. The van der Waals surface area contributed by atoms with Crippen LogP contribution in [0.1, 0.15) is 12.8 Å². The molecule has 0 bridgehead atoms. The fourth-order valence-electron chi connectivity index (χ4n) is 2.33. The minimum atomic E-state index is -0.212. The first kappa shape index (κ1) is 11.4. The molecule has 0 spiro atoms. The number of hydrogen-bond acceptors (Lipinski definition) is 3. The SMILES string of the molecule is CN1CCN(C(=O)C2CCC(=O)N2C)CC1. The van der Waals surface area contributed by atoms with Gasteiger partial charge < -0.3 is 14.7 Å².